The fourth-order valence-electron chi connectivity index (χ4n) is 2.18. The van der Waals surface area contributed by atoms with E-state index >= 15 is 0 Å². The Kier molecular flexibility index (Phi) is 3.89. The number of amides is 1. The maximum absolute atomic E-state index is 11.4. The summed E-state index contributed by atoms with van der Waals surface area (Å²) < 4.78 is 5.54. The summed E-state index contributed by atoms with van der Waals surface area (Å²) in [4.78, 5) is 11.4. The molecule has 1 aliphatic rings. The summed E-state index contributed by atoms with van der Waals surface area (Å²) in [6.45, 7) is 2.67. The topological polar surface area (TPSA) is 64.3 Å². The number of carbonyl (C=O) groups is 1. The number of hydrogen-bond donors (Lipinski definition) is 2. The number of rotatable bonds is 4. The SMILES string of the molecule is CCOC1CCCC(NC)(C(N)=O)C1. The molecule has 2 atom stereocenters. The third-order valence-electron chi connectivity index (χ3n) is 3.06. The molecule has 1 amide bonds. The van der Waals surface area contributed by atoms with Gasteiger partial charge in [-0.05, 0) is 33.2 Å². The first-order valence-electron chi connectivity index (χ1n) is 5.25. The minimum atomic E-state index is -0.544. The van der Waals surface area contributed by atoms with Crippen LogP contribution in [0.1, 0.15) is 32.6 Å². The first kappa shape index (κ1) is 11.5. The molecule has 0 radical (unpaired) electrons. The Morgan fingerprint density at radius 3 is 2.93 bits per heavy atom. The molecule has 0 aliphatic heterocycles. The fraction of sp³-hybridized carbons (Fsp3) is 0.900. The van der Waals surface area contributed by atoms with E-state index in [1.54, 1.807) is 7.05 Å². The number of nitrogens with one attached hydrogen (secondary N) is 1. The zero-order valence-electron chi connectivity index (χ0n) is 9.01. The van der Waals surface area contributed by atoms with Crippen molar-refractivity contribution in [1.82, 2.24) is 5.32 Å². The number of primary amides is 1. The molecule has 1 saturated carbocycles. The summed E-state index contributed by atoms with van der Waals surface area (Å²) in [6, 6.07) is 0. The largest absolute Gasteiger partial charge is 0.378 e. The van der Waals surface area contributed by atoms with Crippen LogP contribution in [0.5, 0.6) is 0 Å². The van der Waals surface area contributed by atoms with Crippen LogP contribution in [0.3, 0.4) is 0 Å². The molecule has 82 valence electrons. The summed E-state index contributed by atoms with van der Waals surface area (Å²) in [6.07, 6.45) is 3.72. The molecule has 1 fully saturated rings. The molecule has 0 saturated heterocycles. The average Bonchev–Trinajstić information content (AvgIpc) is 2.18. The number of nitrogens with two attached hydrogens (primary N) is 1. The Morgan fingerprint density at radius 2 is 2.43 bits per heavy atom. The van der Waals surface area contributed by atoms with Crippen molar-refractivity contribution in [2.75, 3.05) is 13.7 Å². The van der Waals surface area contributed by atoms with Gasteiger partial charge in [-0.25, -0.2) is 0 Å². The van der Waals surface area contributed by atoms with Crippen molar-refractivity contribution in [3.05, 3.63) is 0 Å². The van der Waals surface area contributed by atoms with Crippen molar-refractivity contribution in [3.8, 4) is 0 Å². The Morgan fingerprint density at radius 1 is 1.71 bits per heavy atom. The van der Waals surface area contributed by atoms with E-state index in [4.69, 9.17) is 10.5 Å². The van der Waals surface area contributed by atoms with Crippen LogP contribution in [0.2, 0.25) is 0 Å². The minimum Gasteiger partial charge on any atom is -0.378 e. The second-order valence-corrected chi connectivity index (χ2v) is 3.87. The molecule has 4 heteroatoms. The maximum Gasteiger partial charge on any atom is 0.237 e. The summed E-state index contributed by atoms with van der Waals surface area (Å²) in [7, 11) is 1.79. The predicted molar refractivity (Wildman–Crippen MR) is 54.9 cm³/mol. The Hall–Kier alpha value is -0.610. The van der Waals surface area contributed by atoms with Crippen molar-refractivity contribution in [3.63, 3.8) is 0 Å². The molecule has 0 bridgehead atoms. The van der Waals surface area contributed by atoms with E-state index < -0.39 is 5.54 Å². The van der Waals surface area contributed by atoms with Crippen LogP contribution in [0, 0.1) is 0 Å². The smallest absolute Gasteiger partial charge is 0.237 e. The molecule has 3 N–H and O–H groups in total. The van der Waals surface area contributed by atoms with Crippen LogP contribution in [0.4, 0.5) is 0 Å². The number of likely N-dealkylation sites (N-methyl/N-ethyl adjacent to an activating group) is 1. The normalized spacial score (nSPS) is 32.9. The monoisotopic (exact) mass is 200 g/mol. The molecule has 0 aromatic heterocycles. The standard InChI is InChI=1S/C10H20N2O2/c1-3-14-8-5-4-6-10(7-8,12-2)9(11)13/h8,12H,3-7H2,1-2H3,(H2,11,13). The van der Waals surface area contributed by atoms with Gasteiger partial charge in [0.15, 0.2) is 0 Å². The van der Waals surface area contributed by atoms with Crippen molar-refractivity contribution in [1.29, 1.82) is 0 Å². The lowest BCUT2D eigenvalue weighted by atomic mass is 9.79. The van der Waals surface area contributed by atoms with E-state index in [0.29, 0.717) is 13.0 Å². The molecular weight excluding hydrogens is 180 g/mol. The second kappa shape index (κ2) is 4.75. The lowest BCUT2D eigenvalue weighted by Gasteiger charge is -2.38. The molecule has 4 nitrogen and oxygen atoms in total. The second-order valence-electron chi connectivity index (χ2n) is 3.87. The van der Waals surface area contributed by atoms with E-state index in [1.165, 1.54) is 0 Å². The van der Waals surface area contributed by atoms with E-state index in [1.807, 2.05) is 6.92 Å². The molecule has 0 spiro atoms. The Labute approximate surface area is 85.2 Å². The first-order valence-corrected chi connectivity index (χ1v) is 5.25. The van der Waals surface area contributed by atoms with E-state index in [-0.39, 0.29) is 12.0 Å². The van der Waals surface area contributed by atoms with Gasteiger partial charge in [0.25, 0.3) is 0 Å². The van der Waals surface area contributed by atoms with Gasteiger partial charge in [-0.2, -0.15) is 0 Å². The minimum absolute atomic E-state index is 0.175. The molecule has 0 heterocycles. The van der Waals surface area contributed by atoms with Gasteiger partial charge >= 0.3 is 0 Å². The highest BCUT2D eigenvalue weighted by Crippen LogP contribution is 2.29. The van der Waals surface area contributed by atoms with Crippen LogP contribution >= 0.6 is 0 Å². The lowest BCUT2D eigenvalue weighted by Crippen LogP contribution is -2.57. The number of hydrogen-bond acceptors (Lipinski definition) is 3. The summed E-state index contributed by atoms with van der Waals surface area (Å²) in [5.41, 5.74) is 4.87. The average molecular weight is 200 g/mol. The zero-order chi connectivity index (χ0) is 10.6. The number of ether oxygens (including phenoxy) is 1. The van der Waals surface area contributed by atoms with Crippen molar-refractivity contribution >= 4 is 5.91 Å². The van der Waals surface area contributed by atoms with Crippen LogP contribution in [-0.2, 0) is 9.53 Å². The predicted octanol–water partition coefficient (Wildman–Crippen LogP) is 0.409. The van der Waals surface area contributed by atoms with Crippen LogP contribution in [0.15, 0.2) is 0 Å². The molecule has 1 rings (SSSR count). The fourth-order valence-corrected chi connectivity index (χ4v) is 2.18. The molecule has 1 aliphatic carbocycles. The summed E-state index contributed by atoms with van der Waals surface area (Å²) in [5.74, 6) is -0.260. The third kappa shape index (κ3) is 2.25. The van der Waals surface area contributed by atoms with Crippen molar-refractivity contribution < 1.29 is 9.53 Å². The van der Waals surface area contributed by atoms with Crippen LogP contribution in [-0.4, -0.2) is 31.2 Å². The first-order chi connectivity index (χ1) is 6.64. The van der Waals surface area contributed by atoms with Gasteiger partial charge in [-0.3, -0.25) is 4.79 Å². The summed E-state index contributed by atoms with van der Waals surface area (Å²) >= 11 is 0. The third-order valence-corrected chi connectivity index (χ3v) is 3.06. The summed E-state index contributed by atoms with van der Waals surface area (Å²) in [5, 5.41) is 3.05. The highest BCUT2D eigenvalue weighted by Gasteiger charge is 2.40. The Bertz CT molecular complexity index is 206. The number of carbonyl (C=O) groups excluding carboxylic acids is 1. The van der Waals surface area contributed by atoms with Gasteiger partial charge in [0, 0.05) is 13.0 Å². The van der Waals surface area contributed by atoms with E-state index in [2.05, 4.69) is 5.32 Å². The molecular formula is C10H20N2O2. The van der Waals surface area contributed by atoms with Crippen LogP contribution < -0.4 is 11.1 Å². The van der Waals surface area contributed by atoms with Crippen molar-refractivity contribution in [2.45, 2.75) is 44.2 Å². The van der Waals surface area contributed by atoms with E-state index in [0.717, 1.165) is 19.3 Å². The van der Waals surface area contributed by atoms with Gasteiger partial charge in [0.2, 0.25) is 5.91 Å². The van der Waals surface area contributed by atoms with Gasteiger partial charge < -0.3 is 15.8 Å². The molecule has 14 heavy (non-hydrogen) atoms. The highest BCUT2D eigenvalue weighted by molar-refractivity contribution is 5.84. The quantitative estimate of drug-likeness (QED) is 0.691. The Balaban J connectivity index is 2.64. The molecule has 0 aromatic carbocycles. The molecule has 0 aromatic rings. The molecule has 2 unspecified atom stereocenters. The van der Waals surface area contributed by atoms with Crippen LogP contribution in [0.25, 0.3) is 0 Å². The van der Waals surface area contributed by atoms with Gasteiger partial charge in [0.05, 0.1) is 11.6 Å². The lowest BCUT2D eigenvalue weighted by molar-refractivity contribution is -0.128. The van der Waals surface area contributed by atoms with Gasteiger partial charge in [-0.15, -0.1) is 0 Å². The van der Waals surface area contributed by atoms with E-state index in [9.17, 15) is 4.79 Å². The maximum atomic E-state index is 11.4. The highest BCUT2D eigenvalue weighted by atomic mass is 16.5. The van der Waals surface area contributed by atoms with Crippen molar-refractivity contribution in [2.24, 2.45) is 5.73 Å². The van der Waals surface area contributed by atoms with Gasteiger partial charge in [-0.1, -0.05) is 0 Å². The zero-order valence-corrected chi connectivity index (χ0v) is 9.01. The van der Waals surface area contributed by atoms with Gasteiger partial charge in [0.1, 0.15) is 0 Å².